The highest BCUT2D eigenvalue weighted by Crippen LogP contribution is 2.19. The molecule has 0 spiro atoms. The Morgan fingerprint density at radius 2 is 2.33 bits per heavy atom. The molecular weight excluding hydrogens is 268 g/mol. The van der Waals surface area contributed by atoms with E-state index < -0.39 is 0 Å². The molecule has 1 heterocycles. The summed E-state index contributed by atoms with van der Waals surface area (Å²) < 4.78 is 11.2. The Morgan fingerprint density at radius 3 is 3.05 bits per heavy atom. The maximum absolute atomic E-state index is 12.2. The highest BCUT2D eigenvalue weighted by molar-refractivity contribution is 5.94. The fourth-order valence-corrected chi connectivity index (χ4v) is 2.35. The van der Waals surface area contributed by atoms with Gasteiger partial charge in [-0.05, 0) is 38.6 Å². The van der Waals surface area contributed by atoms with Crippen molar-refractivity contribution in [1.82, 2.24) is 10.2 Å². The van der Waals surface area contributed by atoms with E-state index in [-0.39, 0.29) is 12.0 Å². The lowest BCUT2D eigenvalue weighted by Gasteiger charge is -2.30. The number of hydrogen-bond donors (Lipinski definition) is 1. The van der Waals surface area contributed by atoms with E-state index in [1.54, 1.807) is 6.07 Å². The molecule has 0 bridgehead atoms. The van der Waals surface area contributed by atoms with Crippen molar-refractivity contribution in [3.05, 3.63) is 29.3 Å². The number of likely N-dealkylation sites (N-methyl/N-ethyl adjacent to an activating group) is 1. The Balaban J connectivity index is 1.92. The molecule has 5 heteroatoms. The molecule has 0 radical (unpaired) electrons. The van der Waals surface area contributed by atoms with Crippen LogP contribution in [0.5, 0.6) is 5.75 Å². The van der Waals surface area contributed by atoms with E-state index in [0.29, 0.717) is 18.7 Å². The van der Waals surface area contributed by atoms with Gasteiger partial charge in [-0.25, -0.2) is 0 Å². The van der Waals surface area contributed by atoms with Crippen LogP contribution in [-0.2, 0) is 4.74 Å². The molecular formula is C16H24N2O3. The summed E-state index contributed by atoms with van der Waals surface area (Å²) in [6.45, 7) is 7.53. The van der Waals surface area contributed by atoms with Crippen LogP contribution in [0.25, 0.3) is 0 Å². The average Bonchev–Trinajstić information content (AvgIpc) is 2.47. The minimum absolute atomic E-state index is 0.0597. The Kier molecular flexibility index (Phi) is 5.59. The fraction of sp³-hybridized carbons (Fsp3) is 0.562. The number of morpholine rings is 1. The predicted molar refractivity (Wildman–Crippen MR) is 81.9 cm³/mol. The van der Waals surface area contributed by atoms with Crippen LogP contribution in [0.4, 0.5) is 0 Å². The summed E-state index contributed by atoms with van der Waals surface area (Å²) in [6, 6.07) is 5.52. The van der Waals surface area contributed by atoms with E-state index in [9.17, 15) is 4.79 Å². The molecule has 1 atom stereocenters. The minimum atomic E-state index is -0.0900. The van der Waals surface area contributed by atoms with Crippen molar-refractivity contribution >= 4 is 5.91 Å². The number of nitrogens with zero attached hydrogens (tertiary/aromatic N) is 1. The first-order chi connectivity index (χ1) is 10.1. The quantitative estimate of drug-likeness (QED) is 0.892. The van der Waals surface area contributed by atoms with Gasteiger partial charge in [-0.15, -0.1) is 0 Å². The summed E-state index contributed by atoms with van der Waals surface area (Å²) in [5, 5.41) is 2.93. The lowest BCUT2D eigenvalue weighted by Crippen LogP contribution is -2.45. The van der Waals surface area contributed by atoms with Crippen molar-refractivity contribution in [2.45, 2.75) is 20.0 Å². The molecule has 1 N–H and O–H groups in total. The summed E-state index contributed by atoms with van der Waals surface area (Å²) in [4.78, 5) is 14.4. The number of rotatable bonds is 5. The number of amides is 1. The van der Waals surface area contributed by atoms with E-state index in [2.05, 4.69) is 17.3 Å². The van der Waals surface area contributed by atoms with Crippen molar-refractivity contribution in [3.8, 4) is 5.75 Å². The maximum Gasteiger partial charge on any atom is 0.251 e. The van der Waals surface area contributed by atoms with Crippen LogP contribution >= 0.6 is 0 Å². The topological polar surface area (TPSA) is 50.8 Å². The van der Waals surface area contributed by atoms with Crippen molar-refractivity contribution in [3.63, 3.8) is 0 Å². The normalized spacial score (nSPS) is 19.3. The molecule has 1 aromatic carbocycles. The predicted octanol–water partition coefficient (Wildman–Crippen LogP) is 1.45. The summed E-state index contributed by atoms with van der Waals surface area (Å²) >= 11 is 0. The van der Waals surface area contributed by atoms with E-state index in [1.165, 1.54) is 0 Å². The Hall–Kier alpha value is -1.59. The SMILES string of the molecule is CCOc1cc(C(=O)NCC2CN(C)CCO2)ccc1C. The van der Waals surface area contributed by atoms with E-state index in [0.717, 1.165) is 31.0 Å². The van der Waals surface area contributed by atoms with Crippen molar-refractivity contribution in [2.75, 3.05) is 39.9 Å². The van der Waals surface area contributed by atoms with Crippen molar-refractivity contribution in [1.29, 1.82) is 0 Å². The standard InChI is InChI=1S/C16H24N2O3/c1-4-20-15-9-13(6-5-12(15)2)16(19)17-10-14-11-18(3)7-8-21-14/h5-6,9,14H,4,7-8,10-11H2,1-3H3,(H,17,19). The summed E-state index contributed by atoms with van der Waals surface area (Å²) in [7, 11) is 2.06. The van der Waals surface area contributed by atoms with Gasteiger partial charge in [-0.2, -0.15) is 0 Å². The number of hydrogen-bond acceptors (Lipinski definition) is 4. The highest BCUT2D eigenvalue weighted by Gasteiger charge is 2.18. The van der Waals surface area contributed by atoms with E-state index >= 15 is 0 Å². The smallest absolute Gasteiger partial charge is 0.251 e. The van der Waals surface area contributed by atoms with Gasteiger partial charge in [0.15, 0.2) is 0 Å². The third-order valence-corrected chi connectivity index (χ3v) is 3.58. The van der Waals surface area contributed by atoms with Gasteiger partial charge in [-0.3, -0.25) is 4.79 Å². The van der Waals surface area contributed by atoms with Gasteiger partial charge in [0.05, 0.1) is 19.3 Å². The molecule has 2 rings (SSSR count). The Bertz CT molecular complexity index is 490. The van der Waals surface area contributed by atoms with Crippen molar-refractivity contribution < 1.29 is 14.3 Å². The van der Waals surface area contributed by atoms with Crippen LogP contribution in [0, 0.1) is 6.92 Å². The molecule has 1 fully saturated rings. The third kappa shape index (κ3) is 4.44. The summed E-state index contributed by atoms with van der Waals surface area (Å²) in [5.74, 6) is 0.673. The van der Waals surface area contributed by atoms with Gasteiger partial charge >= 0.3 is 0 Å². The minimum Gasteiger partial charge on any atom is -0.494 e. The van der Waals surface area contributed by atoms with Crippen LogP contribution in [0.3, 0.4) is 0 Å². The second-order valence-electron chi connectivity index (χ2n) is 5.38. The molecule has 21 heavy (non-hydrogen) atoms. The van der Waals surface area contributed by atoms with Gasteiger partial charge < -0.3 is 19.7 Å². The molecule has 1 aromatic rings. The molecule has 0 aliphatic carbocycles. The van der Waals surface area contributed by atoms with Crippen molar-refractivity contribution in [2.24, 2.45) is 0 Å². The van der Waals surface area contributed by atoms with Crippen LogP contribution < -0.4 is 10.1 Å². The van der Waals surface area contributed by atoms with Gasteiger partial charge in [0, 0.05) is 25.2 Å². The maximum atomic E-state index is 12.2. The molecule has 5 nitrogen and oxygen atoms in total. The number of carbonyl (C=O) groups excluding carboxylic acids is 1. The lowest BCUT2D eigenvalue weighted by atomic mass is 10.1. The zero-order chi connectivity index (χ0) is 15.2. The molecule has 1 unspecified atom stereocenters. The summed E-state index contributed by atoms with van der Waals surface area (Å²) in [6.07, 6.45) is 0.0597. The first-order valence-electron chi connectivity index (χ1n) is 7.42. The second-order valence-corrected chi connectivity index (χ2v) is 5.38. The first-order valence-corrected chi connectivity index (χ1v) is 7.42. The lowest BCUT2D eigenvalue weighted by molar-refractivity contribution is -0.0175. The van der Waals surface area contributed by atoms with Crippen LogP contribution in [0.2, 0.25) is 0 Å². The summed E-state index contributed by atoms with van der Waals surface area (Å²) in [5.41, 5.74) is 1.65. The molecule has 116 valence electrons. The van der Waals surface area contributed by atoms with Crippen LogP contribution in [-0.4, -0.2) is 56.8 Å². The van der Waals surface area contributed by atoms with Gasteiger partial charge in [0.1, 0.15) is 5.75 Å². The third-order valence-electron chi connectivity index (χ3n) is 3.58. The number of aryl methyl sites for hydroxylation is 1. The number of nitrogens with one attached hydrogen (secondary N) is 1. The Labute approximate surface area is 126 Å². The van der Waals surface area contributed by atoms with E-state index in [4.69, 9.17) is 9.47 Å². The molecule has 1 amide bonds. The largest absolute Gasteiger partial charge is 0.494 e. The zero-order valence-electron chi connectivity index (χ0n) is 13.0. The van der Waals surface area contributed by atoms with Gasteiger partial charge in [0.25, 0.3) is 5.91 Å². The fourth-order valence-electron chi connectivity index (χ4n) is 2.35. The number of benzene rings is 1. The monoisotopic (exact) mass is 292 g/mol. The number of ether oxygens (including phenoxy) is 2. The Morgan fingerprint density at radius 1 is 1.52 bits per heavy atom. The molecule has 1 aliphatic heterocycles. The molecule has 1 saturated heterocycles. The van der Waals surface area contributed by atoms with Crippen LogP contribution in [0.1, 0.15) is 22.8 Å². The van der Waals surface area contributed by atoms with Gasteiger partial charge in [0.2, 0.25) is 0 Å². The zero-order valence-corrected chi connectivity index (χ0v) is 13.0. The van der Waals surface area contributed by atoms with Crippen LogP contribution in [0.15, 0.2) is 18.2 Å². The molecule has 1 aliphatic rings. The molecule has 0 saturated carbocycles. The van der Waals surface area contributed by atoms with Gasteiger partial charge in [-0.1, -0.05) is 6.07 Å². The van der Waals surface area contributed by atoms with E-state index in [1.807, 2.05) is 26.0 Å². The highest BCUT2D eigenvalue weighted by atomic mass is 16.5. The second kappa shape index (κ2) is 7.43. The average molecular weight is 292 g/mol. The first kappa shape index (κ1) is 15.8. The molecule has 0 aromatic heterocycles. The number of carbonyl (C=O) groups is 1.